The largest absolute Gasteiger partial charge is 0.481 e. The van der Waals surface area contributed by atoms with Crippen molar-refractivity contribution in [2.45, 2.75) is 18.8 Å². The summed E-state index contributed by atoms with van der Waals surface area (Å²) in [6.45, 7) is 0.898. The van der Waals surface area contributed by atoms with Gasteiger partial charge in [0.25, 0.3) is 5.56 Å². The highest BCUT2D eigenvalue weighted by atomic mass is 16.5. The van der Waals surface area contributed by atoms with Crippen molar-refractivity contribution in [3.8, 4) is 17.0 Å². The molecule has 0 radical (unpaired) electrons. The number of amides is 1. The van der Waals surface area contributed by atoms with Crippen molar-refractivity contribution in [1.29, 1.82) is 0 Å². The first kappa shape index (κ1) is 17.1. The van der Waals surface area contributed by atoms with Crippen LogP contribution in [0.25, 0.3) is 16.8 Å². The lowest BCUT2D eigenvalue weighted by atomic mass is 9.93. The lowest BCUT2D eigenvalue weighted by Crippen LogP contribution is -2.37. The molecule has 4 rings (SSSR count). The second-order valence-electron chi connectivity index (χ2n) is 6.51. The fraction of sp³-hybridized carbons (Fsp3) is 0.333. The highest BCUT2D eigenvalue weighted by Crippen LogP contribution is 2.30. The zero-order chi connectivity index (χ0) is 19.0. The van der Waals surface area contributed by atoms with Crippen LogP contribution in [0, 0.1) is 0 Å². The van der Waals surface area contributed by atoms with Crippen molar-refractivity contribution in [3.05, 3.63) is 46.6 Å². The molecule has 1 aliphatic rings. The zero-order valence-electron chi connectivity index (χ0n) is 14.8. The number of carbonyl (C=O) groups is 1. The number of ether oxygens (including phenoxy) is 1. The fourth-order valence-electron chi connectivity index (χ4n) is 3.54. The van der Waals surface area contributed by atoms with E-state index in [1.165, 1.54) is 4.90 Å². The molecule has 4 heterocycles. The molecule has 0 aliphatic carbocycles. The number of methoxy groups -OCH3 is 1. The molecule has 0 spiro atoms. The fourth-order valence-corrected chi connectivity index (χ4v) is 3.54. The van der Waals surface area contributed by atoms with E-state index in [1.54, 1.807) is 36.2 Å². The van der Waals surface area contributed by atoms with Gasteiger partial charge in [-0.3, -0.25) is 4.79 Å². The van der Waals surface area contributed by atoms with Crippen molar-refractivity contribution in [1.82, 2.24) is 24.5 Å². The molecule has 0 aromatic carbocycles. The van der Waals surface area contributed by atoms with E-state index < -0.39 is 6.09 Å². The SMILES string of the molecule is COc1ccc(-c2cnn3c(C4CCN(C(=O)O)CC4)cc(=O)[nH]c23)cn1. The lowest BCUT2D eigenvalue weighted by Gasteiger charge is -2.30. The van der Waals surface area contributed by atoms with Crippen LogP contribution in [-0.2, 0) is 0 Å². The molecule has 0 bridgehead atoms. The van der Waals surface area contributed by atoms with E-state index in [-0.39, 0.29) is 11.5 Å². The molecule has 2 N–H and O–H groups in total. The molecule has 0 saturated carbocycles. The summed E-state index contributed by atoms with van der Waals surface area (Å²) in [6, 6.07) is 5.17. The van der Waals surface area contributed by atoms with Gasteiger partial charge in [-0.2, -0.15) is 5.10 Å². The van der Waals surface area contributed by atoms with Crippen LogP contribution in [0.1, 0.15) is 24.5 Å². The minimum absolute atomic E-state index is 0.0761. The quantitative estimate of drug-likeness (QED) is 0.730. The first-order valence-electron chi connectivity index (χ1n) is 8.66. The number of pyridine rings is 1. The average molecular weight is 369 g/mol. The van der Waals surface area contributed by atoms with Gasteiger partial charge in [0.1, 0.15) is 5.65 Å². The Balaban J connectivity index is 1.72. The Bertz CT molecular complexity index is 1030. The van der Waals surface area contributed by atoms with E-state index in [0.29, 0.717) is 37.5 Å². The number of hydrogen-bond acceptors (Lipinski definition) is 5. The van der Waals surface area contributed by atoms with Gasteiger partial charge in [-0.05, 0) is 18.9 Å². The number of rotatable bonds is 3. The van der Waals surface area contributed by atoms with Crippen molar-refractivity contribution in [2.75, 3.05) is 20.2 Å². The Hall–Kier alpha value is -3.36. The third kappa shape index (κ3) is 3.12. The van der Waals surface area contributed by atoms with Crippen molar-refractivity contribution in [3.63, 3.8) is 0 Å². The number of aromatic amines is 1. The zero-order valence-corrected chi connectivity index (χ0v) is 14.8. The van der Waals surface area contributed by atoms with Crippen LogP contribution in [0.4, 0.5) is 4.79 Å². The monoisotopic (exact) mass is 369 g/mol. The summed E-state index contributed by atoms with van der Waals surface area (Å²) in [5.74, 6) is 0.585. The van der Waals surface area contributed by atoms with Gasteiger partial charge in [0.2, 0.25) is 5.88 Å². The summed E-state index contributed by atoms with van der Waals surface area (Å²) in [4.78, 5) is 31.8. The van der Waals surface area contributed by atoms with Gasteiger partial charge < -0.3 is 19.7 Å². The Morgan fingerprint density at radius 2 is 2.07 bits per heavy atom. The second-order valence-corrected chi connectivity index (χ2v) is 6.51. The lowest BCUT2D eigenvalue weighted by molar-refractivity contribution is 0.131. The van der Waals surface area contributed by atoms with Gasteiger partial charge in [0, 0.05) is 48.5 Å². The van der Waals surface area contributed by atoms with Crippen LogP contribution in [0.15, 0.2) is 35.4 Å². The first-order chi connectivity index (χ1) is 13.1. The Morgan fingerprint density at radius 3 is 2.70 bits per heavy atom. The van der Waals surface area contributed by atoms with Crippen LogP contribution in [-0.4, -0.2) is 55.9 Å². The predicted octanol–water partition coefficient (Wildman–Crippen LogP) is 1.95. The molecule has 27 heavy (non-hydrogen) atoms. The number of H-pyrrole nitrogens is 1. The number of nitrogens with zero attached hydrogens (tertiary/aromatic N) is 4. The molecule has 0 unspecified atom stereocenters. The highest BCUT2D eigenvalue weighted by Gasteiger charge is 2.26. The molecule has 9 nitrogen and oxygen atoms in total. The molecule has 1 saturated heterocycles. The summed E-state index contributed by atoms with van der Waals surface area (Å²) in [5, 5.41) is 13.6. The number of hydrogen-bond donors (Lipinski definition) is 2. The number of likely N-dealkylation sites (tertiary alicyclic amines) is 1. The highest BCUT2D eigenvalue weighted by molar-refractivity contribution is 5.76. The summed E-state index contributed by atoms with van der Waals surface area (Å²) in [5.41, 5.74) is 2.78. The molecule has 140 valence electrons. The number of fused-ring (bicyclic) bond motifs is 1. The molecule has 1 aliphatic heterocycles. The third-order valence-corrected chi connectivity index (χ3v) is 4.97. The van der Waals surface area contributed by atoms with Gasteiger partial charge in [-0.25, -0.2) is 14.3 Å². The Kier molecular flexibility index (Phi) is 4.27. The van der Waals surface area contributed by atoms with Crippen molar-refractivity contribution >= 4 is 11.7 Å². The van der Waals surface area contributed by atoms with Gasteiger partial charge in [-0.1, -0.05) is 0 Å². The normalized spacial score (nSPS) is 15.2. The Labute approximate surface area is 154 Å². The average Bonchev–Trinajstić information content (AvgIpc) is 3.11. The molecule has 0 atom stereocenters. The van der Waals surface area contributed by atoms with Crippen LogP contribution in [0.2, 0.25) is 0 Å². The second kappa shape index (κ2) is 6.75. The molecule has 1 amide bonds. The molecular formula is C18H19N5O4. The van der Waals surface area contributed by atoms with E-state index in [4.69, 9.17) is 9.84 Å². The van der Waals surface area contributed by atoms with Gasteiger partial charge >= 0.3 is 6.09 Å². The molecule has 1 fully saturated rings. The van der Waals surface area contributed by atoms with E-state index in [1.807, 2.05) is 6.07 Å². The summed E-state index contributed by atoms with van der Waals surface area (Å²) >= 11 is 0. The van der Waals surface area contributed by atoms with Crippen LogP contribution in [0.3, 0.4) is 0 Å². The van der Waals surface area contributed by atoms with Crippen molar-refractivity contribution < 1.29 is 14.6 Å². The molecule has 3 aromatic rings. The molecule has 9 heteroatoms. The molecular weight excluding hydrogens is 350 g/mol. The number of nitrogens with one attached hydrogen (secondary N) is 1. The maximum Gasteiger partial charge on any atom is 0.407 e. The third-order valence-electron chi connectivity index (χ3n) is 4.97. The van der Waals surface area contributed by atoms with E-state index in [9.17, 15) is 9.59 Å². The van der Waals surface area contributed by atoms with Gasteiger partial charge in [-0.15, -0.1) is 0 Å². The first-order valence-corrected chi connectivity index (χ1v) is 8.66. The number of carboxylic acid groups (broad SMARTS) is 1. The Morgan fingerprint density at radius 1 is 1.30 bits per heavy atom. The predicted molar refractivity (Wildman–Crippen MR) is 97.2 cm³/mol. The van der Waals surface area contributed by atoms with E-state index >= 15 is 0 Å². The van der Waals surface area contributed by atoms with E-state index in [0.717, 1.165) is 16.8 Å². The summed E-state index contributed by atoms with van der Waals surface area (Å²) in [6.07, 6.45) is 3.78. The maximum absolute atomic E-state index is 12.3. The standard InChI is InChI=1S/C18H19N5O4/c1-27-16-3-2-12(9-19-16)13-10-20-23-14(8-15(24)21-17(13)23)11-4-6-22(7-5-11)18(25)26/h2-3,8-11H,4-7H2,1H3,(H,21,24)(H,25,26). The van der Waals surface area contributed by atoms with Gasteiger partial charge in [0.05, 0.1) is 19.0 Å². The summed E-state index contributed by atoms with van der Waals surface area (Å²) < 4.78 is 6.82. The minimum atomic E-state index is -0.905. The van der Waals surface area contributed by atoms with Gasteiger partial charge in [0.15, 0.2) is 0 Å². The van der Waals surface area contributed by atoms with Crippen LogP contribution >= 0.6 is 0 Å². The van der Waals surface area contributed by atoms with Crippen LogP contribution < -0.4 is 10.3 Å². The molecule has 3 aromatic heterocycles. The minimum Gasteiger partial charge on any atom is -0.481 e. The number of piperidine rings is 1. The maximum atomic E-state index is 12.3. The smallest absolute Gasteiger partial charge is 0.407 e. The summed E-state index contributed by atoms with van der Waals surface area (Å²) in [7, 11) is 1.55. The van der Waals surface area contributed by atoms with Crippen molar-refractivity contribution in [2.24, 2.45) is 0 Å². The van der Waals surface area contributed by atoms with Crippen LogP contribution in [0.5, 0.6) is 5.88 Å². The van der Waals surface area contributed by atoms with E-state index in [2.05, 4.69) is 15.1 Å². The topological polar surface area (TPSA) is 113 Å². The number of aromatic nitrogens is 4.